The number of nitro groups is 1. The second kappa shape index (κ2) is 7.59. The van der Waals surface area contributed by atoms with E-state index < -0.39 is 4.92 Å². The van der Waals surface area contributed by atoms with Gasteiger partial charge in [-0.05, 0) is 19.1 Å². The van der Waals surface area contributed by atoms with Gasteiger partial charge in [-0.25, -0.2) is 4.98 Å². The molecule has 1 heterocycles. The Balaban J connectivity index is 1.78. The van der Waals surface area contributed by atoms with Crippen LogP contribution in [0, 0.1) is 28.4 Å². The lowest BCUT2D eigenvalue weighted by Crippen LogP contribution is -1.92. The maximum absolute atomic E-state index is 10.7. The summed E-state index contributed by atoms with van der Waals surface area (Å²) in [6.07, 6.45) is 1.55. The Bertz CT molecular complexity index is 999. The molecular formula is C19H14N4O2S. The minimum atomic E-state index is -0.456. The molecule has 26 heavy (non-hydrogen) atoms. The highest BCUT2D eigenvalue weighted by atomic mass is 32.1. The lowest BCUT2D eigenvalue weighted by atomic mass is 10.1. The van der Waals surface area contributed by atoms with Gasteiger partial charge in [-0.2, -0.15) is 5.26 Å². The van der Waals surface area contributed by atoms with Gasteiger partial charge in [0.1, 0.15) is 16.6 Å². The van der Waals surface area contributed by atoms with Gasteiger partial charge in [-0.3, -0.25) is 10.1 Å². The molecule has 1 N–H and O–H groups in total. The van der Waals surface area contributed by atoms with Crippen LogP contribution in [0.3, 0.4) is 0 Å². The first-order chi connectivity index (χ1) is 12.6. The summed E-state index contributed by atoms with van der Waals surface area (Å²) in [6, 6.07) is 16.1. The van der Waals surface area contributed by atoms with Crippen molar-refractivity contribution in [2.24, 2.45) is 0 Å². The monoisotopic (exact) mass is 362 g/mol. The molecule has 0 aliphatic rings. The van der Waals surface area contributed by atoms with E-state index in [1.165, 1.54) is 29.0 Å². The molecule has 0 amide bonds. The largest absolute Gasteiger partial charge is 0.360 e. The van der Waals surface area contributed by atoms with E-state index in [0.29, 0.717) is 16.3 Å². The Morgan fingerprint density at radius 1 is 1.23 bits per heavy atom. The molecule has 0 saturated carbocycles. The number of non-ortho nitro benzene ring substituents is 1. The molecule has 0 aliphatic carbocycles. The SMILES string of the molecule is Cc1ccc(-c2csc(/C(C#N)=C/Nc3ccc([N+](=O)[O-])cc3)n2)cc1. The first-order valence-electron chi connectivity index (χ1n) is 7.71. The molecule has 7 heteroatoms. The number of allylic oxidation sites excluding steroid dienone is 1. The van der Waals surface area contributed by atoms with Gasteiger partial charge in [-0.15, -0.1) is 11.3 Å². The van der Waals surface area contributed by atoms with Crippen molar-refractivity contribution in [1.29, 1.82) is 5.26 Å². The summed E-state index contributed by atoms with van der Waals surface area (Å²) in [5, 5.41) is 25.6. The van der Waals surface area contributed by atoms with E-state index in [9.17, 15) is 15.4 Å². The highest BCUT2D eigenvalue weighted by molar-refractivity contribution is 7.11. The fourth-order valence-corrected chi connectivity index (χ4v) is 3.03. The van der Waals surface area contributed by atoms with E-state index in [-0.39, 0.29) is 5.69 Å². The van der Waals surface area contributed by atoms with E-state index in [1.54, 1.807) is 18.3 Å². The third kappa shape index (κ3) is 3.94. The lowest BCUT2D eigenvalue weighted by Gasteiger charge is -2.01. The van der Waals surface area contributed by atoms with Crippen LogP contribution < -0.4 is 5.32 Å². The molecule has 0 spiro atoms. The van der Waals surface area contributed by atoms with Gasteiger partial charge in [0.25, 0.3) is 5.69 Å². The molecule has 0 fully saturated rings. The van der Waals surface area contributed by atoms with Crippen molar-refractivity contribution >= 4 is 28.3 Å². The standard InChI is InChI=1S/C19H14N4O2S/c1-13-2-4-14(5-3-13)18-12-26-19(22-18)15(10-20)11-21-16-6-8-17(9-7-16)23(24)25/h2-9,11-12,21H,1H3/b15-11+. The summed E-state index contributed by atoms with van der Waals surface area (Å²) >= 11 is 1.39. The summed E-state index contributed by atoms with van der Waals surface area (Å²) < 4.78 is 0. The molecular weight excluding hydrogens is 348 g/mol. The maximum Gasteiger partial charge on any atom is 0.269 e. The van der Waals surface area contributed by atoms with Crippen molar-refractivity contribution in [3.63, 3.8) is 0 Å². The fourth-order valence-electron chi connectivity index (χ4n) is 2.23. The molecule has 2 aromatic carbocycles. The number of thiazole rings is 1. The van der Waals surface area contributed by atoms with E-state index in [0.717, 1.165) is 11.3 Å². The molecule has 1 aromatic heterocycles. The summed E-state index contributed by atoms with van der Waals surface area (Å²) in [4.78, 5) is 14.7. The Labute approximate surface area is 154 Å². The van der Waals surface area contributed by atoms with E-state index >= 15 is 0 Å². The van der Waals surface area contributed by atoms with E-state index in [4.69, 9.17) is 0 Å². The van der Waals surface area contributed by atoms with Gasteiger partial charge in [0.2, 0.25) is 0 Å². The molecule has 128 valence electrons. The zero-order chi connectivity index (χ0) is 18.5. The number of nitro benzene ring substituents is 1. The molecule has 3 aromatic rings. The van der Waals surface area contributed by atoms with Crippen LogP contribution in [0.1, 0.15) is 10.6 Å². The number of hydrogen-bond donors (Lipinski definition) is 1. The third-order valence-electron chi connectivity index (χ3n) is 3.66. The molecule has 0 unspecified atom stereocenters. The molecule has 0 radical (unpaired) electrons. The van der Waals surface area contributed by atoms with Crippen LogP contribution in [0.15, 0.2) is 60.1 Å². The van der Waals surface area contributed by atoms with Crippen LogP contribution in [0.5, 0.6) is 0 Å². The van der Waals surface area contributed by atoms with Crippen LogP contribution in [-0.4, -0.2) is 9.91 Å². The summed E-state index contributed by atoms with van der Waals surface area (Å²) in [5.74, 6) is 0. The Hall–Kier alpha value is -3.50. The van der Waals surface area contributed by atoms with Crippen LogP contribution in [0.4, 0.5) is 11.4 Å². The zero-order valence-corrected chi connectivity index (χ0v) is 14.7. The normalized spacial score (nSPS) is 11.0. The number of aromatic nitrogens is 1. The van der Waals surface area contributed by atoms with Gasteiger partial charge in [0.05, 0.1) is 10.6 Å². The maximum atomic E-state index is 10.7. The number of benzene rings is 2. The van der Waals surface area contributed by atoms with Crippen LogP contribution in [0.25, 0.3) is 16.8 Å². The van der Waals surface area contributed by atoms with Gasteiger partial charge in [-0.1, -0.05) is 29.8 Å². The summed E-state index contributed by atoms with van der Waals surface area (Å²) in [6.45, 7) is 2.02. The van der Waals surface area contributed by atoms with Crippen LogP contribution in [-0.2, 0) is 0 Å². The van der Waals surface area contributed by atoms with Gasteiger partial charge < -0.3 is 5.32 Å². The van der Waals surface area contributed by atoms with Crippen molar-refractivity contribution in [2.45, 2.75) is 6.92 Å². The first kappa shape index (κ1) is 17.3. The average Bonchev–Trinajstić information content (AvgIpc) is 3.13. The third-order valence-corrected chi connectivity index (χ3v) is 4.54. The van der Waals surface area contributed by atoms with E-state index in [1.807, 2.05) is 36.6 Å². The van der Waals surface area contributed by atoms with Crippen molar-refractivity contribution in [3.05, 3.63) is 80.8 Å². The average molecular weight is 362 g/mol. The van der Waals surface area contributed by atoms with Crippen LogP contribution >= 0.6 is 11.3 Å². The molecule has 0 aliphatic heterocycles. The predicted octanol–water partition coefficient (Wildman–Crippen LogP) is 5.00. The second-order valence-corrected chi connectivity index (χ2v) is 6.38. The minimum absolute atomic E-state index is 0.0164. The lowest BCUT2D eigenvalue weighted by molar-refractivity contribution is -0.384. The van der Waals surface area contributed by atoms with Gasteiger partial charge >= 0.3 is 0 Å². The number of hydrogen-bond acceptors (Lipinski definition) is 6. The van der Waals surface area contributed by atoms with Crippen molar-refractivity contribution < 1.29 is 4.92 Å². The van der Waals surface area contributed by atoms with Crippen molar-refractivity contribution in [2.75, 3.05) is 5.32 Å². The number of nitrogens with one attached hydrogen (secondary N) is 1. The quantitative estimate of drug-likeness (QED) is 0.391. The first-order valence-corrected chi connectivity index (χ1v) is 8.59. The molecule has 3 rings (SSSR count). The second-order valence-electron chi connectivity index (χ2n) is 5.52. The van der Waals surface area contributed by atoms with Gasteiger partial charge in [0, 0.05) is 35.0 Å². The van der Waals surface area contributed by atoms with Gasteiger partial charge in [0.15, 0.2) is 0 Å². The molecule has 6 nitrogen and oxygen atoms in total. The number of aryl methyl sites for hydroxylation is 1. The Kier molecular flexibility index (Phi) is 5.06. The van der Waals surface area contributed by atoms with E-state index in [2.05, 4.69) is 16.4 Å². The smallest absolute Gasteiger partial charge is 0.269 e. The Morgan fingerprint density at radius 3 is 2.54 bits per heavy atom. The predicted molar refractivity (Wildman–Crippen MR) is 103 cm³/mol. The number of anilines is 1. The van der Waals surface area contributed by atoms with Crippen molar-refractivity contribution in [1.82, 2.24) is 4.98 Å². The fraction of sp³-hybridized carbons (Fsp3) is 0.0526. The highest BCUT2D eigenvalue weighted by Gasteiger charge is 2.09. The molecule has 0 saturated heterocycles. The number of nitrogens with zero attached hydrogens (tertiary/aromatic N) is 3. The Morgan fingerprint density at radius 2 is 1.92 bits per heavy atom. The summed E-state index contributed by atoms with van der Waals surface area (Å²) in [5.41, 5.74) is 4.06. The van der Waals surface area contributed by atoms with Crippen molar-refractivity contribution in [3.8, 4) is 17.3 Å². The highest BCUT2D eigenvalue weighted by Crippen LogP contribution is 2.26. The zero-order valence-electron chi connectivity index (χ0n) is 13.8. The molecule has 0 bridgehead atoms. The number of rotatable bonds is 5. The van der Waals surface area contributed by atoms with Crippen LogP contribution in [0.2, 0.25) is 0 Å². The summed E-state index contributed by atoms with van der Waals surface area (Å²) in [7, 11) is 0. The molecule has 0 atom stereocenters. The number of nitriles is 1. The minimum Gasteiger partial charge on any atom is -0.360 e. The topological polar surface area (TPSA) is 91.8 Å².